The molecule has 0 spiro atoms. The Hall–Kier alpha value is -1.89. The van der Waals surface area contributed by atoms with E-state index in [1.165, 1.54) is 11.8 Å². The first-order chi connectivity index (χ1) is 10.1. The van der Waals surface area contributed by atoms with Gasteiger partial charge in [0.25, 0.3) is 5.91 Å². The van der Waals surface area contributed by atoms with Gasteiger partial charge in [0.1, 0.15) is 11.4 Å². The number of hydrogen-bond acceptors (Lipinski definition) is 6. The molecule has 0 aromatic carbocycles. The molecule has 0 saturated carbocycles. The number of carbonyl (C=O) groups excluding carboxylic acids is 1. The summed E-state index contributed by atoms with van der Waals surface area (Å²) >= 11 is 1.44. The first-order valence-electron chi connectivity index (χ1n) is 6.88. The van der Waals surface area contributed by atoms with Gasteiger partial charge < -0.3 is 10.6 Å². The van der Waals surface area contributed by atoms with Gasteiger partial charge in [-0.05, 0) is 26.0 Å². The number of pyridine rings is 1. The fourth-order valence-corrected chi connectivity index (χ4v) is 2.97. The van der Waals surface area contributed by atoms with Crippen molar-refractivity contribution < 1.29 is 4.79 Å². The Morgan fingerprint density at radius 1 is 1.33 bits per heavy atom. The smallest absolute Gasteiger partial charge is 0.259 e. The average molecular weight is 303 g/mol. The molecule has 6 nitrogen and oxygen atoms in total. The molecular weight excluding hydrogens is 286 g/mol. The second-order valence-electron chi connectivity index (χ2n) is 5.08. The SMILES string of the molecule is CSc1ncc2c(C)nc(N)c(C(=O)N3CCCC3)c2n1. The van der Waals surface area contributed by atoms with Crippen LogP contribution in [-0.4, -0.2) is 45.1 Å². The summed E-state index contributed by atoms with van der Waals surface area (Å²) in [5.74, 6) is 0.177. The van der Waals surface area contributed by atoms with Crippen LogP contribution in [0.15, 0.2) is 11.4 Å². The van der Waals surface area contributed by atoms with Gasteiger partial charge >= 0.3 is 0 Å². The third kappa shape index (κ3) is 2.42. The highest BCUT2D eigenvalue weighted by Crippen LogP contribution is 2.27. The predicted octanol–water partition coefficient (Wildman–Crippen LogP) is 1.87. The molecule has 2 N–H and O–H groups in total. The van der Waals surface area contributed by atoms with Gasteiger partial charge in [0, 0.05) is 24.7 Å². The molecule has 2 aromatic rings. The number of anilines is 1. The molecule has 0 bridgehead atoms. The molecule has 0 radical (unpaired) electrons. The lowest BCUT2D eigenvalue weighted by Gasteiger charge is -2.18. The molecule has 1 amide bonds. The van der Waals surface area contributed by atoms with E-state index in [1.807, 2.05) is 18.1 Å². The number of carbonyl (C=O) groups is 1. The Morgan fingerprint density at radius 3 is 2.71 bits per heavy atom. The van der Waals surface area contributed by atoms with Crippen LogP contribution in [0.25, 0.3) is 10.9 Å². The lowest BCUT2D eigenvalue weighted by molar-refractivity contribution is 0.0795. The zero-order chi connectivity index (χ0) is 15.0. The third-order valence-corrected chi connectivity index (χ3v) is 4.29. The summed E-state index contributed by atoms with van der Waals surface area (Å²) < 4.78 is 0. The Bertz CT molecular complexity index is 712. The number of aryl methyl sites for hydroxylation is 1. The molecule has 1 fully saturated rings. The second kappa shape index (κ2) is 5.48. The van der Waals surface area contributed by atoms with Gasteiger partial charge in [0.15, 0.2) is 5.16 Å². The molecule has 110 valence electrons. The van der Waals surface area contributed by atoms with Crippen molar-refractivity contribution in [1.29, 1.82) is 0 Å². The molecule has 1 aliphatic rings. The van der Waals surface area contributed by atoms with Crippen LogP contribution in [0, 0.1) is 6.92 Å². The standard InChI is InChI=1S/C14H17N5OS/c1-8-9-7-16-14(21-2)18-11(9)10(12(15)17-8)13(20)19-5-3-4-6-19/h7H,3-6H2,1-2H3,(H2,15,17). The van der Waals surface area contributed by atoms with Crippen molar-refractivity contribution in [1.82, 2.24) is 19.9 Å². The van der Waals surface area contributed by atoms with Crippen LogP contribution in [0.2, 0.25) is 0 Å². The molecule has 3 rings (SSSR count). The second-order valence-corrected chi connectivity index (χ2v) is 5.85. The summed E-state index contributed by atoms with van der Waals surface area (Å²) in [4.78, 5) is 27.6. The molecule has 21 heavy (non-hydrogen) atoms. The molecule has 0 aliphatic carbocycles. The van der Waals surface area contributed by atoms with E-state index in [-0.39, 0.29) is 11.7 Å². The van der Waals surface area contributed by atoms with Crippen LogP contribution in [0.4, 0.5) is 5.82 Å². The van der Waals surface area contributed by atoms with Crippen molar-refractivity contribution in [3.05, 3.63) is 17.5 Å². The molecule has 1 saturated heterocycles. The number of thioether (sulfide) groups is 1. The number of amides is 1. The van der Waals surface area contributed by atoms with E-state index >= 15 is 0 Å². The van der Waals surface area contributed by atoms with E-state index in [9.17, 15) is 4.79 Å². The highest BCUT2D eigenvalue weighted by molar-refractivity contribution is 7.98. The Kier molecular flexibility index (Phi) is 3.67. The van der Waals surface area contributed by atoms with Crippen molar-refractivity contribution in [2.24, 2.45) is 0 Å². The van der Waals surface area contributed by atoms with Gasteiger partial charge in [0.2, 0.25) is 0 Å². The summed E-state index contributed by atoms with van der Waals surface area (Å²) in [5.41, 5.74) is 7.79. The molecular formula is C14H17N5OS. The minimum atomic E-state index is -0.0757. The monoisotopic (exact) mass is 303 g/mol. The van der Waals surface area contributed by atoms with Crippen molar-refractivity contribution in [2.75, 3.05) is 25.1 Å². The van der Waals surface area contributed by atoms with Crippen LogP contribution in [0.3, 0.4) is 0 Å². The number of likely N-dealkylation sites (tertiary alicyclic amines) is 1. The molecule has 2 aromatic heterocycles. The van der Waals surface area contributed by atoms with E-state index in [1.54, 1.807) is 6.20 Å². The van der Waals surface area contributed by atoms with Crippen LogP contribution in [0.1, 0.15) is 28.9 Å². The number of rotatable bonds is 2. The average Bonchev–Trinajstić information content (AvgIpc) is 3.00. The number of hydrogen-bond donors (Lipinski definition) is 1. The van der Waals surface area contributed by atoms with Crippen LogP contribution < -0.4 is 5.73 Å². The van der Waals surface area contributed by atoms with Gasteiger partial charge in [-0.25, -0.2) is 15.0 Å². The fourth-order valence-electron chi connectivity index (χ4n) is 2.63. The summed E-state index contributed by atoms with van der Waals surface area (Å²) in [6.07, 6.45) is 5.69. The maximum atomic E-state index is 12.7. The van der Waals surface area contributed by atoms with E-state index in [2.05, 4.69) is 15.0 Å². The molecule has 0 unspecified atom stereocenters. The number of nitrogens with zero attached hydrogens (tertiary/aromatic N) is 4. The summed E-state index contributed by atoms with van der Waals surface area (Å²) in [7, 11) is 0. The lowest BCUT2D eigenvalue weighted by atomic mass is 10.1. The number of nitrogens with two attached hydrogens (primary N) is 1. The maximum absolute atomic E-state index is 12.7. The summed E-state index contributed by atoms with van der Waals surface area (Å²) in [6, 6.07) is 0. The van der Waals surface area contributed by atoms with Gasteiger partial charge in [-0.2, -0.15) is 0 Å². The van der Waals surface area contributed by atoms with Gasteiger partial charge in [-0.3, -0.25) is 4.79 Å². The Labute approximate surface area is 127 Å². The zero-order valence-corrected chi connectivity index (χ0v) is 12.9. The van der Waals surface area contributed by atoms with Crippen molar-refractivity contribution in [3.63, 3.8) is 0 Å². The first-order valence-corrected chi connectivity index (χ1v) is 8.10. The van der Waals surface area contributed by atoms with Gasteiger partial charge in [0.05, 0.1) is 11.2 Å². The Balaban J connectivity index is 2.21. The van der Waals surface area contributed by atoms with E-state index in [0.717, 1.165) is 37.0 Å². The number of fused-ring (bicyclic) bond motifs is 1. The topological polar surface area (TPSA) is 85.0 Å². The van der Waals surface area contributed by atoms with Crippen LogP contribution in [-0.2, 0) is 0 Å². The lowest BCUT2D eigenvalue weighted by Crippen LogP contribution is -2.29. The van der Waals surface area contributed by atoms with E-state index < -0.39 is 0 Å². The molecule has 3 heterocycles. The zero-order valence-electron chi connectivity index (χ0n) is 12.1. The minimum absolute atomic E-state index is 0.0757. The number of aromatic nitrogens is 3. The largest absolute Gasteiger partial charge is 0.383 e. The molecule has 0 atom stereocenters. The highest BCUT2D eigenvalue weighted by Gasteiger charge is 2.25. The minimum Gasteiger partial charge on any atom is -0.383 e. The van der Waals surface area contributed by atoms with Crippen molar-refractivity contribution in [3.8, 4) is 0 Å². The summed E-state index contributed by atoms with van der Waals surface area (Å²) in [6.45, 7) is 3.40. The molecule has 1 aliphatic heterocycles. The van der Waals surface area contributed by atoms with Gasteiger partial charge in [-0.15, -0.1) is 0 Å². The highest BCUT2D eigenvalue weighted by atomic mass is 32.2. The number of nitrogen functional groups attached to an aromatic ring is 1. The fraction of sp³-hybridized carbons (Fsp3) is 0.429. The first kappa shape index (κ1) is 14.1. The molecule has 7 heteroatoms. The van der Waals surface area contributed by atoms with Crippen molar-refractivity contribution >= 4 is 34.4 Å². The third-order valence-electron chi connectivity index (χ3n) is 3.73. The maximum Gasteiger partial charge on any atom is 0.259 e. The summed E-state index contributed by atoms with van der Waals surface area (Å²) in [5, 5.41) is 1.41. The normalized spacial score (nSPS) is 14.9. The van der Waals surface area contributed by atoms with Crippen LogP contribution in [0.5, 0.6) is 0 Å². The van der Waals surface area contributed by atoms with E-state index in [0.29, 0.717) is 16.2 Å². The van der Waals surface area contributed by atoms with E-state index in [4.69, 9.17) is 5.73 Å². The quantitative estimate of drug-likeness (QED) is 0.673. The predicted molar refractivity (Wildman–Crippen MR) is 83.4 cm³/mol. The van der Waals surface area contributed by atoms with Crippen LogP contribution >= 0.6 is 11.8 Å². The Morgan fingerprint density at radius 2 is 2.05 bits per heavy atom. The van der Waals surface area contributed by atoms with Crippen molar-refractivity contribution in [2.45, 2.75) is 24.9 Å². The van der Waals surface area contributed by atoms with Gasteiger partial charge in [-0.1, -0.05) is 11.8 Å².